The normalized spacial score (nSPS) is 22.3. The van der Waals surface area contributed by atoms with E-state index in [9.17, 15) is 14.4 Å². The lowest BCUT2D eigenvalue weighted by Gasteiger charge is -2.34. The number of imide groups is 1. The molecule has 1 atom stereocenters. The first-order chi connectivity index (χ1) is 17.4. The number of nitrogens with zero attached hydrogens (tertiary/aromatic N) is 3. The van der Waals surface area contributed by atoms with Gasteiger partial charge in [0, 0.05) is 39.1 Å². The van der Waals surface area contributed by atoms with Crippen LogP contribution in [0.2, 0.25) is 0 Å². The van der Waals surface area contributed by atoms with Gasteiger partial charge >= 0.3 is 6.03 Å². The number of nitrogens with one attached hydrogen (secondary N) is 2. The van der Waals surface area contributed by atoms with Crippen LogP contribution in [-0.2, 0) is 29.0 Å². The molecule has 0 aromatic heterocycles. The van der Waals surface area contributed by atoms with Gasteiger partial charge in [-0.3, -0.25) is 24.8 Å². The molecule has 4 amide bonds. The summed E-state index contributed by atoms with van der Waals surface area (Å²) in [5, 5.41) is 3.58. The van der Waals surface area contributed by atoms with Crippen molar-refractivity contribution in [1.82, 2.24) is 25.6 Å². The standard InChI is InChI=1S/C27H33N5O4/c1-27(11-9-20-5-3-2-4-6-20)25(34)32(26(35)28-27)29-24(33)19-31-14-12-30(13-15-31)18-21-7-8-23-22(17-21)10-16-36-23/h2-8,17H,9-16,18-19H2,1H3,(H,28,35)(H,29,33)/t27-/m1/s1. The van der Waals surface area contributed by atoms with Crippen LogP contribution in [0.1, 0.15) is 30.0 Å². The molecular formula is C27H33N5O4. The molecule has 0 bridgehead atoms. The van der Waals surface area contributed by atoms with Crippen LogP contribution in [0.4, 0.5) is 4.79 Å². The van der Waals surface area contributed by atoms with Crippen LogP contribution in [0.25, 0.3) is 0 Å². The first-order valence-corrected chi connectivity index (χ1v) is 12.6. The number of benzene rings is 2. The van der Waals surface area contributed by atoms with E-state index in [0.29, 0.717) is 12.8 Å². The molecule has 2 N–H and O–H groups in total. The Balaban J connectivity index is 1.07. The van der Waals surface area contributed by atoms with Crippen molar-refractivity contribution in [2.24, 2.45) is 0 Å². The molecule has 0 aliphatic carbocycles. The lowest BCUT2D eigenvalue weighted by atomic mass is 9.93. The van der Waals surface area contributed by atoms with Crippen molar-refractivity contribution in [2.45, 2.75) is 38.3 Å². The van der Waals surface area contributed by atoms with Crippen LogP contribution in [0.15, 0.2) is 48.5 Å². The molecule has 5 rings (SSSR count). The van der Waals surface area contributed by atoms with Gasteiger partial charge in [-0.1, -0.05) is 42.5 Å². The van der Waals surface area contributed by atoms with Crippen molar-refractivity contribution in [3.8, 4) is 5.75 Å². The van der Waals surface area contributed by atoms with Crippen LogP contribution in [0, 0.1) is 0 Å². The molecule has 9 heteroatoms. The van der Waals surface area contributed by atoms with Gasteiger partial charge in [-0.25, -0.2) is 4.79 Å². The van der Waals surface area contributed by atoms with Crippen molar-refractivity contribution in [1.29, 1.82) is 0 Å². The largest absolute Gasteiger partial charge is 0.493 e. The van der Waals surface area contributed by atoms with Gasteiger partial charge in [0.2, 0.25) is 0 Å². The topological polar surface area (TPSA) is 94.2 Å². The van der Waals surface area contributed by atoms with Gasteiger partial charge in [-0.2, -0.15) is 5.01 Å². The lowest BCUT2D eigenvalue weighted by Crippen LogP contribution is -2.53. The molecule has 9 nitrogen and oxygen atoms in total. The molecule has 3 aliphatic rings. The van der Waals surface area contributed by atoms with Crippen molar-refractivity contribution < 1.29 is 19.1 Å². The summed E-state index contributed by atoms with van der Waals surface area (Å²) in [7, 11) is 0. The molecular weight excluding hydrogens is 458 g/mol. The van der Waals surface area contributed by atoms with Gasteiger partial charge in [-0.05, 0) is 42.5 Å². The predicted molar refractivity (Wildman–Crippen MR) is 134 cm³/mol. The Hall–Kier alpha value is -3.43. The molecule has 2 fully saturated rings. The second kappa shape index (κ2) is 10.3. The third-order valence-electron chi connectivity index (χ3n) is 7.25. The summed E-state index contributed by atoms with van der Waals surface area (Å²) in [4.78, 5) is 42.6. The van der Waals surface area contributed by atoms with Crippen LogP contribution in [-0.4, -0.2) is 77.5 Å². The minimum Gasteiger partial charge on any atom is -0.493 e. The number of carbonyl (C=O) groups excluding carboxylic acids is 3. The fourth-order valence-corrected chi connectivity index (χ4v) is 5.06. The highest BCUT2D eigenvalue weighted by molar-refractivity contribution is 6.07. The van der Waals surface area contributed by atoms with Gasteiger partial charge in [0.25, 0.3) is 11.8 Å². The minimum atomic E-state index is -1.05. The maximum atomic E-state index is 13.0. The van der Waals surface area contributed by atoms with Gasteiger partial charge in [-0.15, -0.1) is 0 Å². The second-order valence-electron chi connectivity index (χ2n) is 10.0. The van der Waals surface area contributed by atoms with Crippen LogP contribution in [0.3, 0.4) is 0 Å². The van der Waals surface area contributed by atoms with Gasteiger partial charge in [0.05, 0.1) is 13.2 Å². The average molecular weight is 492 g/mol. The van der Waals surface area contributed by atoms with E-state index < -0.39 is 17.5 Å². The Bertz CT molecular complexity index is 1130. The molecule has 0 spiro atoms. The SMILES string of the molecule is C[C@]1(CCc2ccccc2)NC(=O)N(NC(=O)CN2CCN(Cc3ccc4c(c3)CCO4)CC2)C1=O. The monoisotopic (exact) mass is 491 g/mol. The highest BCUT2D eigenvalue weighted by Crippen LogP contribution is 2.26. The predicted octanol–water partition coefficient (Wildman–Crippen LogP) is 1.71. The number of fused-ring (bicyclic) bond motifs is 1. The van der Waals surface area contributed by atoms with E-state index in [2.05, 4.69) is 38.7 Å². The summed E-state index contributed by atoms with van der Waals surface area (Å²) < 4.78 is 5.59. The smallest absolute Gasteiger partial charge is 0.344 e. The number of piperazine rings is 1. The molecule has 2 saturated heterocycles. The van der Waals surface area contributed by atoms with Gasteiger partial charge in [0.15, 0.2) is 0 Å². The Labute approximate surface area is 211 Å². The van der Waals surface area contributed by atoms with E-state index in [1.54, 1.807) is 6.92 Å². The van der Waals surface area contributed by atoms with Gasteiger partial charge < -0.3 is 10.1 Å². The highest BCUT2D eigenvalue weighted by atomic mass is 16.5. The summed E-state index contributed by atoms with van der Waals surface area (Å²) in [5.74, 6) is 0.204. The Morgan fingerprint density at radius 1 is 1.03 bits per heavy atom. The summed E-state index contributed by atoms with van der Waals surface area (Å²) in [6.07, 6.45) is 2.07. The molecule has 3 heterocycles. The van der Waals surface area contributed by atoms with Crippen LogP contribution < -0.4 is 15.5 Å². The number of amides is 4. The average Bonchev–Trinajstić information content (AvgIpc) is 3.43. The first-order valence-electron chi connectivity index (χ1n) is 12.6. The summed E-state index contributed by atoms with van der Waals surface area (Å²) in [5.41, 5.74) is 5.12. The summed E-state index contributed by atoms with van der Waals surface area (Å²) in [6, 6.07) is 15.6. The maximum absolute atomic E-state index is 13.0. The Morgan fingerprint density at radius 3 is 2.56 bits per heavy atom. The number of ether oxygens (including phenoxy) is 1. The first kappa shape index (κ1) is 24.3. The number of hydrogen-bond acceptors (Lipinski definition) is 6. The molecule has 190 valence electrons. The third kappa shape index (κ3) is 5.37. The number of hydrazine groups is 1. The number of aryl methyl sites for hydroxylation is 1. The van der Waals surface area contributed by atoms with Crippen molar-refractivity contribution in [3.05, 3.63) is 65.2 Å². The molecule has 0 radical (unpaired) electrons. The minimum absolute atomic E-state index is 0.141. The zero-order valence-corrected chi connectivity index (χ0v) is 20.7. The second-order valence-corrected chi connectivity index (χ2v) is 10.0. The molecule has 2 aromatic rings. The Kier molecular flexibility index (Phi) is 6.93. The van der Waals surface area contributed by atoms with E-state index in [4.69, 9.17) is 4.74 Å². The van der Waals surface area contributed by atoms with E-state index >= 15 is 0 Å². The van der Waals surface area contributed by atoms with E-state index in [1.807, 2.05) is 30.3 Å². The van der Waals surface area contributed by atoms with Crippen molar-refractivity contribution >= 4 is 17.8 Å². The van der Waals surface area contributed by atoms with E-state index in [1.165, 1.54) is 11.1 Å². The van der Waals surface area contributed by atoms with E-state index in [0.717, 1.165) is 62.1 Å². The molecule has 36 heavy (non-hydrogen) atoms. The number of carbonyl (C=O) groups is 3. The Morgan fingerprint density at radius 2 is 1.78 bits per heavy atom. The summed E-state index contributed by atoms with van der Waals surface area (Å²) in [6.45, 7) is 6.67. The van der Waals surface area contributed by atoms with Crippen molar-refractivity contribution in [3.63, 3.8) is 0 Å². The quantitative estimate of drug-likeness (QED) is 0.546. The fraction of sp³-hybridized carbons (Fsp3) is 0.444. The fourth-order valence-electron chi connectivity index (χ4n) is 5.06. The number of hydrogen-bond donors (Lipinski definition) is 2. The highest BCUT2D eigenvalue weighted by Gasteiger charge is 2.48. The summed E-state index contributed by atoms with van der Waals surface area (Å²) >= 11 is 0. The van der Waals surface area contributed by atoms with Crippen LogP contribution >= 0.6 is 0 Å². The van der Waals surface area contributed by atoms with Gasteiger partial charge in [0.1, 0.15) is 11.3 Å². The zero-order chi connectivity index (χ0) is 25.1. The molecule has 2 aromatic carbocycles. The maximum Gasteiger partial charge on any atom is 0.344 e. The molecule has 3 aliphatic heterocycles. The molecule has 0 unspecified atom stereocenters. The molecule has 0 saturated carbocycles. The lowest BCUT2D eigenvalue weighted by molar-refractivity contribution is -0.139. The third-order valence-corrected chi connectivity index (χ3v) is 7.25. The number of urea groups is 1. The zero-order valence-electron chi connectivity index (χ0n) is 20.7. The number of rotatable bonds is 8. The van der Waals surface area contributed by atoms with Crippen LogP contribution in [0.5, 0.6) is 5.75 Å². The van der Waals surface area contributed by atoms with Crippen molar-refractivity contribution in [2.75, 3.05) is 39.3 Å². The van der Waals surface area contributed by atoms with E-state index in [-0.39, 0.29) is 12.5 Å².